The number of aliphatic hydroxyl groups excluding tert-OH is 1. The van der Waals surface area contributed by atoms with E-state index in [0.717, 1.165) is 6.07 Å². The van der Waals surface area contributed by atoms with Crippen LogP contribution in [0, 0.1) is 5.92 Å². The lowest BCUT2D eigenvalue weighted by Gasteiger charge is -2.21. The number of aromatic nitrogens is 1. The van der Waals surface area contributed by atoms with Gasteiger partial charge < -0.3 is 16.2 Å². The van der Waals surface area contributed by atoms with Gasteiger partial charge in [0.1, 0.15) is 11.5 Å². The fourth-order valence-corrected chi connectivity index (χ4v) is 1.44. The van der Waals surface area contributed by atoms with E-state index in [4.69, 9.17) is 10.8 Å². The second-order valence-electron chi connectivity index (χ2n) is 4.55. The second-order valence-corrected chi connectivity index (χ2v) is 4.55. The van der Waals surface area contributed by atoms with E-state index in [9.17, 15) is 18.0 Å². The van der Waals surface area contributed by atoms with E-state index >= 15 is 0 Å². The zero-order chi connectivity index (χ0) is 15.5. The van der Waals surface area contributed by atoms with Crippen LogP contribution in [-0.2, 0) is 6.18 Å². The molecule has 1 aromatic heterocycles. The molecule has 0 radical (unpaired) electrons. The van der Waals surface area contributed by atoms with Crippen LogP contribution in [0.3, 0.4) is 0 Å². The van der Waals surface area contributed by atoms with Gasteiger partial charge in [-0.05, 0) is 25.0 Å². The molecule has 0 saturated carbocycles. The number of carbonyl (C=O) groups excluding carboxylic acids is 1. The van der Waals surface area contributed by atoms with Crippen LogP contribution in [0.5, 0.6) is 0 Å². The van der Waals surface area contributed by atoms with Gasteiger partial charge in [-0.15, -0.1) is 0 Å². The molecule has 4 N–H and O–H groups in total. The summed E-state index contributed by atoms with van der Waals surface area (Å²) in [7, 11) is 0. The van der Waals surface area contributed by atoms with Crippen molar-refractivity contribution in [3.05, 3.63) is 23.4 Å². The smallest absolute Gasteiger partial charge is 0.396 e. The second kappa shape index (κ2) is 6.08. The molecule has 0 aromatic carbocycles. The quantitative estimate of drug-likeness (QED) is 0.769. The number of amides is 1. The lowest BCUT2D eigenvalue weighted by atomic mass is 10.0. The van der Waals surface area contributed by atoms with Crippen LogP contribution in [0.15, 0.2) is 12.1 Å². The first-order chi connectivity index (χ1) is 9.16. The Bertz CT molecular complexity index is 491. The highest BCUT2D eigenvalue weighted by molar-refractivity contribution is 5.97. The number of carbonyl (C=O) groups is 1. The maximum atomic E-state index is 12.6. The molecule has 0 fully saturated rings. The largest absolute Gasteiger partial charge is 0.433 e. The van der Waals surface area contributed by atoms with E-state index in [1.807, 2.05) is 0 Å². The minimum absolute atomic E-state index is 0.130. The van der Waals surface area contributed by atoms with E-state index in [2.05, 4.69) is 10.3 Å². The summed E-state index contributed by atoms with van der Waals surface area (Å²) in [4.78, 5) is 14.6. The van der Waals surface area contributed by atoms with Crippen molar-refractivity contribution in [2.24, 2.45) is 11.7 Å². The van der Waals surface area contributed by atoms with Gasteiger partial charge in [0.05, 0.1) is 5.56 Å². The van der Waals surface area contributed by atoms with Gasteiger partial charge in [-0.2, -0.15) is 13.2 Å². The molecular formula is C12H16F3N3O2. The maximum absolute atomic E-state index is 12.6. The van der Waals surface area contributed by atoms with Gasteiger partial charge >= 0.3 is 6.18 Å². The number of nitrogens with zero attached hydrogens (tertiary/aromatic N) is 1. The van der Waals surface area contributed by atoms with Crippen LogP contribution in [-0.4, -0.2) is 28.6 Å². The number of rotatable bonds is 5. The topological polar surface area (TPSA) is 88.2 Å². The Morgan fingerprint density at radius 2 is 2.05 bits per heavy atom. The third kappa shape index (κ3) is 3.83. The van der Waals surface area contributed by atoms with Gasteiger partial charge in [-0.3, -0.25) is 4.79 Å². The predicted octanol–water partition coefficient (Wildman–Crippen LogP) is 1.63. The van der Waals surface area contributed by atoms with Crippen LogP contribution in [0.1, 0.15) is 29.9 Å². The standard InChI is InChI=1S/C12H16F3N3O2/c1-6(5-19)7(2)17-11-8(10(16)20)3-4-9(18-11)12(13,14)15/h3-4,6-7,19H,5H2,1-2H3,(H2,16,20)(H,17,18). The molecule has 1 heterocycles. The molecule has 2 unspecified atom stereocenters. The van der Waals surface area contributed by atoms with Gasteiger partial charge in [0.25, 0.3) is 5.91 Å². The highest BCUT2D eigenvalue weighted by Crippen LogP contribution is 2.29. The number of aliphatic hydroxyl groups is 1. The molecule has 2 atom stereocenters. The number of anilines is 1. The molecule has 0 aliphatic carbocycles. The Hall–Kier alpha value is -1.83. The molecule has 0 aliphatic heterocycles. The fraction of sp³-hybridized carbons (Fsp3) is 0.500. The Morgan fingerprint density at radius 1 is 1.45 bits per heavy atom. The zero-order valence-corrected chi connectivity index (χ0v) is 11.0. The lowest BCUT2D eigenvalue weighted by Crippen LogP contribution is -2.29. The Kier molecular flexibility index (Phi) is 4.93. The lowest BCUT2D eigenvalue weighted by molar-refractivity contribution is -0.141. The minimum Gasteiger partial charge on any atom is -0.396 e. The molecule has 1 rings (SSSR count). The molecule has 0 saturated heterocycles. The van der Waals surface area contributed by atoms with Crippen molar-refractivity contribution < 1.29 is 23.1 Å². The Balaban J connectivity index is 3.16. The number of primary amides is 1. The molecule has 0 aliphatic rings. The fourth-order valence-electron chi connectivity index (χ4n) is 1.44. The van der Waals surface area contributed by atoms with Gasteiger partial charge in [0, 0.05) is 12.6 Å². The Labute approximate surface area is 114 Å². The first kappa shape index (κ1) is 16.2. The summed E-state index contributed by atoms with van der Waals surface area (Å²) in [5, 5.41) is 11.7. The molecular weight excluding hydrogens is 275 g/mol. The zero-order valence-electron chi connectivity index (χ0n) is 11.0. The van der Waals surface area contributed by atoms with Crippen molar-refractivity contribution in [1.82, 2.24) is 4.98 Å². The van der Waals surface area contributed by atoms with E-state index in [0.29, 0.717) is 6.07 Å². The number of hydrogen-bond donors (Lipinski definition) is 3. The monoisotopic (exact) mass is 291 g/mol. The summed E-state index contributed by atoms with van der Waals surface area (Å²) in [6.45, 7) is 3.21. The van der Waals surface area contributed by atoms with Crippen LogP contribution < -0.4 is 11.1 Å². The van der Waals surface area contributed by atoms with Crippen molar-refractivity contribution in [2.75, 3.05) is 11.9 Å². The normalized spacial score (nSPS) is 14.7. The summed E-state index contributed by atoms with van der Waals surface area (Å²) in [6, 6.07) is 1.30. The van der Waals surface area contributed by atoms with Gasteiger partial charge in [-0.1, -0.05) is 6.92 Å². The number of nitrogens with two attached hydrogens (primary N) is 1. The van der Waals surface area contributed by atoms with Crippen LogP contribution in [0.25, 0.3) is 0 Å². The van der Waals surface area contributed by atoms with E-state index in [1.54, 1.807) is 13.8 Å². The van der Waals surface area contributed by atoms with Crippen molar-refractivity contribution in [3.8, 4) is 0 Å². The maximum Gasteiger partial charge on any atom is 0.433 e. The summed E-state index contributed by atoms with van der Waals surface area (Å²) >= 11 is 0. The third-order valence-corrected chi connectivity index (χ3v) is 2.96. The van der Waals surface area contributed by atoms with Crippen molar-refractivity contribution in [2.45, 2.75) is 26.1 Å². The average molecular weight is 291 g/mol. The summed E-state index contributed by atoms with van der Waals surface area (Å²) in [6.07, 6.45) is -4.61. The van der Waals surface area contributed by atoms with Crippen molar-refractivity contribution >= 4 is 11.7 Å². The van der Waals surface area contributed by atoms with Crippen LogP contribution in [0.4, 0.5) is 19.0 Å². The predicted molar refractivity (Wildman–Crippen MR) is 67.1 cm³/mol. The third-order valence-electron chi connectivity index (χ3n) is 2.96. The van der Waals surface area contributed by atoms with Crippen LogP contribution in [0.2, 0.25) is 0 Å². The van der Waals surface area contributed by atoms with Crippen molar-refractivity contribution in [1.29, 1.82) is 0 Å². The highest BCUT2D eigenvalue weighted by Gasteiger charge is 2.33. The van der Waals surface area contributed by atoms with Gasteiger partial charge in [-0.25, -0.2) is 4.98 Å². The first-order valence-corrected chi connectivity index (χ1v) is 5.92. The summed E-state index contributed by atoms with van der Waals surface area (Å²) in [5.41, 5.74) is 3.86. The molecule has 0 spiro atoms. The van der Waals surface area contributed by atoms with Crippen LogP contribution >= 0.6 is 0 Å². The number of alkyl halides is 3. The SMILES string of the molecule is CC(CO)C(C)Nc1nc(C(F)(F)F)ccc1C(N)=O. The van der Waals surface area contributed by atoms with Gasteiger partial charge in [0.2, 0.25) is 0 Å². The van der Waals surface area contributed by atoms with E-state index in [1.165, 1.54) is 0 Å². The number of hydrogen-bond acceptors (Lipinski definition) is 4. The molecule has 112 valence electrons. The number of pyridine rings is 1. The molecule has 20 heavy (non-hydrogen) atoms. The molecule has 8 heteroatoms. The van der Waals surface area contributed by atoms with E-state index < -0.39 is 17.8 Å². The number of nitrogens with one attached hydrogen (secondary N) is 1. The highest BCUT2D eigenvalue weighted by atomic mass is 19.4. The first-order valence-electron chi connectivity index (χ1n) is 5.92. The van der Waals surface area contributed by atoms with E-state index in [-0.39, 0.29) is 29.9 Å². The molecule has 1 aromatic rings. The summed E-state index contributed by atoms with van der Waals surface area (Å²) in [5.74, 6) is -1.34. The molecule has 1 amide bonds. The molecule has 0 bridgehead atoms. The summed E-state index contributed by atoms with van der Waals surface area (Å²) < 4.78 is 37.8. The molecule has 5 nitrogen and oxygen atoms in total. The minimum atomic E-state index is -4.61. The van der Waals surface area contributed by atoms with Gasteiger partial charge in [0.15, 0.2) is 0 Å². The number of halogens is 3. The Morgan fingerprint density at radius 3 is 2.50 bits per heavy atom. The van der Waals surface area contributed by atoms with Crippen molar-refractivity contribution in [3.63, 3.8) is 0 Å². The average Bonchev–Trinajstić information content (AvgIpc) is 2.36.